The molecule has 7 heteroatoms. The number of hydrogen-bond acceptors (Lipinski definition) is 7. The van der Waals surface area contributed by atoms with Crippen molar-refractivity contribution in [3.8, 4) is 5.75 Å². The lowest BCUT2D eigenvalue weighted by atomic mass is 10.2. The number of hydrogen-bond donors (Lipinski definition) is 2. The topological polar surface area (TPSA) is 73.8 Å². The minimum Gasteiger partial charge on any atom is -0.490 e. The number of ether oxygens (including phenoxy) is 1. The lowest BCUT2D eigenvalue weighted by Gasteiger charge is -2.29. The molecule has 118 valence electrons. The van der Waals surface area contributed by atoms with Crippen LogP contribution in [0.3, 0.4) is 0 Å². The highest BCUT2D eigenvalue weighted by Crippen LogP contribution is 2.35. The van der Waals surface area contributed by atoms with Crippen LogP contribution in [0.5, 0.6) is 5.75 Å². The van der Waals surface area contributed by atoms with Gasteiger partial charge in [0.15, 0.2) is 11.6 Å². The molecule has 1 aromatic heterocycles. The van der Waals surface area contributed by atoms with Gasteiger partial charge >= 0.3 is 0 Å². The summed E-state index contributed by atoms with van der Waals surface area (Å²) < 4.78 is 5.51. The molecule has 0 saturated carbocycles. The highest BCUT2D eigenvalue weighted by Gasteiger charge is 2.34. The van der Waals surface area contributed by atoms with E-state index in [-0.39, 0.29) is 12.1 Å². The van der Waals surface area contributed by atoms with Crippen molar-refractivity contribution < 1.29 is 9.84 Å². The fourth-order valence-corrected chi connectivity index (χ4v) is 2.80. The van der Waals surface area contributed by atoms with E-state index in [4.69, 9.17) is 4.74 Å². The number of aliphatic hydroxyl groups excluding tert-OH is 1. The first-order chi connectivity index (χ1) is 10.1. The molecule has 0 amide bonds. The van der Waals surface area contributed by atoms with E-state index < -0.39 is 0 Å². The minimum absolute atomic E-state index is 0.216. The van der Waals surface area contributed by atoms with Crippen molar-refractivity contribution in [2.45, 2.75) is 25.5 Å². The first kappa shape index (κ1) is 15.8. The van der Waals surface area contributed by atoms with Crippen molar-refractivity contribution >= 4 is 11.6 Å². The maximum atomic E-state index is 10.0. The van der Waals surface area contributed by atoms with Crippen LogP contribution in [-0.2, 0) is 0 Å². The summed E-state index contributed by atoms with van der Waals surface area (Å²) >= 11 is 0. The van der Waals surface area contributed by atoms with Crippen molar-refractivity contribution in [3.63, 3.8) is 0 Å². The van der Waals surface area contributed by atoms with Gasteiger partial charge in [-0.2, -0.15) is 0 Å². The second kappa shape index (κ2) is 6.91. The third-order valence-electron chi connectivity index (χ3n) is 3.57. The second-order valence-electron chi connectivity index (χ2n) is 5.57. The van der Waals surface area contributed by atoms with Gasteiger partial charge in [0.05, 0.1) is 13.2 Å². The Bertz CT molecular complexity index is 469. The Labute approximate surface area is 125 Å². The van der Waals surface area contributed by atoms with Crippen LogP contribution in [0.1, 0.15) is 13.3 Å². The van der Waals surface area contributed by atoms with Gasteiger partial charge in [-0.25, -0.2) is 9.97 Å². The summed E-state index contributed by atoms with van der Waals surface area (Å²) in [5, 5.41) is 13.2. The van der Waals surface area contributed by atoms with Crippen LogP contribution in [0.25, 0.3) is 0 Å². The molecule has 2 unspecified atom stereocenters. The largest absolute Gasteiger partial charge is 0.490 e. The Balaban J connectivity index is 2.32. The molecule has 1 aliphatic rings. The van der Waals surface area contributed by atoms with Crippen LogP contribution in [0.15, 0.2) is 6.33 Å². The Kier molecular flexibility index (Phi) is 5.19. The summed E-state index contributed by atoms with van der Waals surface area (Å²) in [7, 11) is 5.69. The predicted octanol–water partition coefficient (Wildman–Crippen LogP) is 0.418. The lowest BCUT2D eigenvalue weighted by molar-refractivity contribution is 0.191. The van der Waals surface area contributed by atoms with Crippen LogP contribution in [0, 0.1) is 0 Å². The molecule has 1 fully saturated rings. The average molecular weight is 295 g/mol. The number of likely N-dealkylation sites (N-methyl/N-ethyl adjacent to an activating group) is 1. The van der Waals surface area contributed by atoms with E-state index in [2.05, 4.69) is 25.1 Å². The van der Waals surface area contributed by atoms with E-state index in [1.54, 1.807) is 7.11 Å². The molecule has 0 aliphatic carbocycles. The Morgan fingerprint density at radius 1 is 1.48 bits per heavy atom. The summed E-state index contributed by atoms with van der Waals surface area (Å²) in [6, 6.07) is 0.216. The third-order valence-corrected chi connectivity index (χ3v) is 3.57. The number of aliphatic hydroxyl groups is 1. The van der Waals surface area contributed by atoms with E-state index in [1.165, 1.54) is 6.33 Å². The van der Waals surface area contributed by atoms with Crippen LogP contribution in [0.4, 0.5) is 11.6 Å². The smallest absolute Gasteiger partial charge is 0.204 e. The Morgan fingerprint density at radius 3 is 2.86 bits per heavy atom. The van der Waals surface area contributed by atoms with Crippen LogP contribution < -0.4 is 15.0 Å². The quantitative estimate of drug-likeness (QED) is 0.788. The second-order valence-corrected chi connectivity index (χ2v) is 5.57. The van der Waals surface area contributed by atoms with Gasteiger partial charge in [0.1, 0.15) is 6.33 Å². The minimum atomic E-state index is -0.336. The zero-order valence-corrected chi connectivity index (χ0v) is 13.2. The van der Waals surface area contributed by atoms with Gasteiger partial charge in [0.2, 0.25) is 5.75 Å². The van der Waals surface area contributed by atoms with Crippen molar-refractivity contribution in [1.82, 2.24) is 14.9 Å². The summed E-state index contributed by atoms with van der Waals surface area (Å²) in [5.74, 6) is 2.07. The van der Waals surface area contributed by atoms with Crippen LogP contribution in [-0.4, -0.2) is 73.0 Å². The average Bonchev–Trinajstić information content (AvgIpc) is 2.78. The Morgan fingerprint density at radius 2 is 2.24 bits per heavy atom. The monoisotopic (exact) mass is 295 g/mol. The molecule has 1 saturated heterocycles. The van der Waals surface area contributed by atoms with Crippen molar-refractivity contribution in [2.75, 3.05) is 51.1 Å². The van der Waals surface area contributed by atoms with E-state index in [1.807, 2.05) is 21.0 Å². The molecule has 0 radical (unpaired) electrons. The van der Waals surface area contributed by atoms with Gasteiger partial charge in [-0.15, -0.1) is 0 Å². The summed E-state index contributed by atoms with van der Waals surface area (Å²) in [5.41, 5.74) is 0. The summed E-state index contributed by atoms with van der Waals surface area (Å²) in [4.78, 5) is 12.9. The zero-order chi connectivity index (χ0) is 15.4. The fourth-order valence-electron chi connectivity index (χ4n) is 2.80. The first-order valence-electron chi connectivity index (χ1n) is 7.29. The number of rotatable bonds is 6. The van der Waals surface area contributed by atoms with Crippen molar-refractivity contribution in [2.24, 2.45) is 0 Å². The zero-order valence-electron chi connectivity index (χ0n) is 13.2. The standard InChI is InChI=1S/C14H25N5O2/c1-5-15-13-12(21-4)14(17-9-16-13)19-8-11(20)6-10(19)7-18(2)3/h9-11,20H,5-8H2,1-4H3,(H,15,16,17). The number of nitrogens with zero attached hydrogens (tertiary/aromatic N) is 4. The molecule has 1 aromatic rings. The Hall–Kier alpha value is -1.60. The predicted molar refractivity (Wildman–Crippen MR) is 83.1 cm³/mol. The van der Waals surface area contributed by atoms with Gasteiger partial charge in [-0.1, -0.05) is 0 Å². The summed E-state index contributed by atoms with van der Waals surface area (Å²) in [6.45, 7) is 4.20. The molecular weight excluding hydrogens is 270 g/mol. The third kappa shape index (κ3) is 3.54. The van der Waals surface area contributed by atoms with Gasteiger partial charge in [0, 0.05) is 25.7 Å². The van der Waals surface area contributed by atoms with Gasteiger partial charge < -0.3 is 25.0 Å². The summed E-state index contributed by atoms with van der Waals surface area (Å²) in [6.07, 6.45) is 1.94. The fraction of sp³-hybridized carbons (Fsp3) is 0.714. The van der Waals surface area contributed by atoms with Crippen molar-refractivity contribution in [1.29, 1.82) is 0 Å². The number of nitrogens with one attached hydrogen (secondary N) is 1. The first-order valence-corrected chi connectivity index (χ1v) is 7.29. The molecule has 0 bridgehead atoms. The lowest BCUT2D eigenvalue weighted by Crippen LogP contribution is -2.38. The van der Waals surface area contributed by atoms with Gasteiger partial charge in [-0.3, -0.25) is 0 Å². The van der Waals surface area contributed by atoms with E-state index >= 15 is 0 Å². The SMILES string of the molecule is CCNc1ncnc(N2CC(O)CC2CN(C)C)c1OC. The van der Waals surface area contributed by atoms with E-state index in [9.17, 15) is 5.11 Å². The molecule has 7 nitrogen and oxygen atoms in total. The molecule has 0 aromatic carbocycles. The highest BCUT2D eigenvalue weighted by molar-refractivity contribution is 5.65. The molecular formula is C14H25N5O2. The number of β-amino-alcohol motifs (C(OH)–C–C–N with tert-alkyl or cyclic N) is 1. The molecule has 21 heavy (non-hydrogen) atoms. The molecule has 2 heterocycles. The van der Waals surface area contributed by atoms with Crippen LogP contribution in [0.2, 0.25) is 0 Å². The van der Waals surface area contributed by atoms with Gasteiger partial charge in [0.25, 0.3) is 0 Å². The molecule has 2 rings (SSSR count). The molecule has 1 aliphatic heterocycles. The maximum absolute atomic E-state index is 10.0. The van der Waals surface area contributed by atoms with E-state index in [0.29, 0.717) is 18.1 Å². The highest BCUT2D eigenvalue weighted by atomic mass is 16.5. The number of anilines is 2. The van der Waals surface area contributed by atoms with Crippen molar-refractivity contribution in [3.05, 3.63) is 6.33 Å². The normalized spacial score (nSPS) is 21.9. The number of methoxy groups -OCH3 is 1. The van der Waals surface area contributed by atoms with Crippen LogP contribution >= 0.6 is 0 Å². The number of aromatic nitrogens is 2. The molecule has 2 N–H and O–H groups in total. The molecule has 0 spiro atoms. The van der Waals surface area contributed by atoms with Gasteiger partial charge in [-0.05, 0) is 27.4 Å². The molecule has 2 atom stereocenters. The van der Waals surface area contributed by atoms with E-state index in [0.717, 1.165) is 25.3 Å². The maximum Gasteiger partial charge on any atom is 0.204 e.